The Kier molecular flexibility index (Phi) is 3.13. The van der Waals surface area contributed by atoms with Crippen molar-refractivity contribution >= 4 is 0 Å². The van der Waals surface area contributed by atoms with Gasteiger partial charge >= 0.3 is 0 Å². The predicted molar refractivity (Wildman–Crippen MR) is 68.5 cm³/mol. The second kappa shape index (κ2) is 4.64. The number of aryl methyl sites for hydroxylation is 1. The molecule has 2 heteroatoms. The van der Waals surface area contributed by atoms with Gasteiger partial charge in [-0.1, -0.05) is 12.1 Å². The van der Waals surface area contributed by atoms with E-state index in [2.05, 4.69) is 0 Å². The van der Waals surface area contributed by atoms with Crippen molar-refractivity contribution in [2.45, 2.75) is 51.4 Å². The molecule has 1 aromatic carbocycles. The van der Waals surface area contributed by atoms with Crippen LogP contribution in [0, 0.1) is 30.4 Å². The highest BCUT2D eigenvalue weighted by Gasteiger charge is 2.34. The Morgan fingerprint density at radius 3 is 1.94 bits per heavy atom. The van der Waals surface area contributed by atoms with Crippen LogP contribution >= 0.6 is 0 Å². The molecule has 0 amide bonds. The van der Waals surface area contributed by atoms with Gasteiger partial charge in [-0.05, 0) is 74.3 Å². The Labute approximate surface area is 107 Å². The second-order valence-electron chi connectivity index (χ2n) is 6.05. The van der Waals surface area contributed by atoms with Crippen LogP contribution in [0.3, 0.4) is 0 Å². The van der Waals surface area contributed by atoms with Crippen LogP contribution < -0.4 is 0 Å². The largest absolute Gasteiger partial charge is 0.203 e. The maximum atomic E-state index is 13.9. The summed E-state index contributed by atoms with van der Waals surface area (Å²) in [7, 11) is 0. The summed E-state index contributed by atoms with van der Waals surface area (Å²) in [4.78, 5) is 0. The van der Waals surface area contributed by atoms with Crippen LogP contribution in [0.25, 0.3) is 0 Å². The van der Waals surface area contributed by atoms with Gasteiger partial charge < -0.3 is 0 Å². The van der Waals surface area contributed by atoms with Gasteiger partial charge in [-0.25, -0.2) is 8.78 Å². The molecule has 2 aliphatic carbocycles. The van der Waals surface area contributed by atoms with Crippen LogP contribution in [0.2, 0.25) is 0 Å². The number of benzene rings is 1. The van der Waals surface area contributed by atoms with Crippen molar-refractivity contribution in [2.24, 2.45) is 11.8 Å². The first kappa shape index (κ1) is 12.1. The molecule has 0 heterocycles. The lowest BCUT2D eigenvalue weighted by atomic mass is 9.76. The van der Waals surface area contributed by atoms with Crippen molar-refractivity contribution in [3.05, 3.63) is 34.9 Å². The standard InChI is InChI=1S/C16H20F2/c1-10-2-9-14(16(18)15(10)17)13-7-5-12(6-8-13)11-3-4-11/h2,9,11-13H,3-8H2,1H3. The number of rotatable bonds is 2. The fourth-order valence-corrected chi connectivity index (χ4v) is 3.45. The number of hydrogen-bond donors (Lipinski definition) is 0. The molecular formula is C16H20F2. The normalized spacial score (nSPS) is 28.4. The minimum Gasteiger partial charge on any atom is -0.203 e. The molecule has 2 saturated carbocycles. The Bertz CT molecular complexity index is 441. The van der Waals surface area contributed by atoms with E-state index in [4.69, 9.17) is 0 Å². The van der Waals surface area contributed by atoms with Crippen molar-refractivity contribution < 1.29 is 8.78 Å². The highest BCUT2D eigenvalue weighted by molar-refractivity contribution is 5.28. The predicted octanol–water partition coefficient (Wildman–Crippen LogP) is 4.96. The minimum atomic E-state index is -0.656. The van der Waals surface area contributed by atoms with Crippen LogP contribution in [0.5, 0.6) is 0 Å². The molecule has 0 unspecified atom stereocenters. The molecule has 98 valence electrons. The Morgan fingerprint density at radius 1 is 0.833 bits per heavy atom. The van der Waals surface area contributed by atoms with Crippen molar-refractivity contribution in [1.29, 1.82) is 0 Å². The molecule has 0 aromatic heterocycles. The summed E-state index contributed by atoms with van der Waals surface area (Å²) >= 11 is 0. The zero-order valence-corrected chi connectivity index (χ0v) is 10.9. The molecule has 0 nitrogen and oxygen atoms in total. The molecule has 0 saturated heterocycles. The van der Waals surface area contributed by atoms with E-state index in [0.29, 0.717) is 11.1 Å². The molecule has 0 N–H and O–H groups in total. The van der Waals surface area contributed by atoms with Gasteiger partial charge in [-0.2, -0.15) is 0 Å². The number of halogens is 2. The van der Waals surface area contributed by atoms with Gasteiger partial charge in [0.05, 0.1) is 0 Å². The Morgan fingerprint density at radius 2 is 1.39 bits per heavy atom. The lowest BCUT2D eigenvalue weighted by molar-refractivity contribution is 0.291. The molecule has 18 heavy (non-hydrogen) atoms. The molecule has 0 aliphatic heterocycles. The average Bonchev–Trinajstić information content (AvgIpc) is 3.21. The van der Waals surface area contributed by atoms with Gasteiger partial charge in [0.25, 0.3) is 0 Å². The van der Waals surface area contributed by atoms with E-state index in [1.165, 1.54) is 25.7 Å². The summed E-state index contributed by atoms with van der Waals surface area (Å²) in [6.07, 6.45) is 7.24. The zero-order valence-electron chi connectivity index (χ0n) is 10.9. The lowest BCUT2D eigenvalue weighted by Crippen LogP contribution is -2.16. The first-order chi connectivity index (χ1) is 8.66. The summed E-state index contributed by atoms with van der Waals surface area (Å²) in [5.74, 6) is 0.780. The van der Waals surface area contributed by atoms with Crippen LogP contribution in [0.15, 0.2) is 12.1 Å². The maximum Gasteiger partial charge on any atom is 0.162 e. The van der Waals surface area contributed by atoms with E-state index in [0.717, 1.165) is 24.7 Å². The third-order valence-electron chi connectivity index (χ3n) is 4.81. The molecule has 1 aromatic rings. The van der Waals surface area contributed by atoms with E-state index in [-0.39, 0.29) is 5.92 Å². The molecule has 2 fully saturated rings. The molecular weight excluding hydrogens is 230 g/mol. The molecule has 0 atom stereocenters. The van der Waals surface area contributed by atoms with Crippen LogP contribution in [-0.2, 0) is 0 Å². The van der Waals surface area contributed by atoms with Crippen molar-refractivity contribution in [3.63, 3.8) is 0 Å². The van der Waals surface area contributed by atoms with Crippen molar-refractivity contribution in [2.75, 3.05) is 0 Å². The quantitative estimate of drug-likeness (QED) is 0.696. The van der Waals surface area contributed by atoms with Crippen LogP contribution in [-0.4, -0.2) is 0 Å². The van der Waals surface area contributed by atoms with E-state index in [9.17, 15) is 8.78 Å². The smallest absolute Gasteiger partial charge is 0.162 e. The van der Waals surface area contributed by atoms with Crippen molar-refractivity contribution in [1.82, 2.24) is 0 Å². The van der Waals surface area contributed by atoms with Gasteiger partial charge in [0, 0.05) is 0 Å². The van der Waals surface area contributed by atoms with Gasteiger partial charge in [0.2, 0.25) is 0 Å². The summed E-state index contributed by atoms with van der Waals surface area (Å²) < 4.78 is 27.5. The fraction of sp³-hybridized carbons (Fsp3) is 0.625. The van der Waals surface area contributed by atoms with E-state index in [1.54, 1.807) is 19.1 Å². The summed E-state index contributed by atoms with van der Waals surface area (Å²) in [5.41, 5.74) is 1.01. The molecule has 0 bridgehead atoms. The minimum absolute atomic E-state index is 0.232. The molecule has 3 rings (SSSR count). The van der Waals surface area contributed by atoms with Crippen LogP contribution in [0.1, 0.15) is 55.6 Å². The third kappa shape index (κ3) is 2.17. The van der Waals surface area contributed by atoms with Gasteiger partial charge in [0.1, 0.15) is 0 Å². The first-order valence-electron chi connectivity index (χ1n) is 7.11. The Hall–Kier alpha value is -0.920. The SMILES string of the molecule is Cc1ccc(C2CCC(C3CC3)CC2)c(F)c1F. The summed E-state index contributed by atoms with van der Waals surface area (Å²) in [6.45, 7) is 1.62. The summed E-state index contributed by atoms with van der Waals surface area (Å²) in [5, 5.41) is 0. The average molecular weight is 250 g/mol. The molecule has 0 radical (unpaired) electrons. The lowest BCUT2D eigenvalue weighted by Gasteiger charge is -2.29. The maximum absolute atomic E-state index is 13.9. The highest BCUT2D eigenvalue weighted by atomic mass is 19.2. The fourth-order valence-electron chi connectivity index (χ4n) is 3.45. The molecule has 2 aliphatic rings. The van der Waals surface area contributed by atoms with Gasteiger partial charge in [-0.15, -0.1) is 0 Å². The van der Waals surface area contributed by atoms with E-state index < -0.39 is 11.6 Å². The first-order valence-corrected chi connectivity index (χ1v) is 7.11. The Balaban J connectivity index is 1.74. The third-order valence-corrected chi connectivity index (χ3v) is 4.81. The van der Waals surface area contributed by atoms with Gasteiger partial charge in [0.15, 0.2) is 11.6 Å². The van der Waals surface area contributed by atoms with E-state index in [1.807, 2.05) is 0 Å². The topological polar surface area (TPSA) is 0 Å². The second-order valence-corrected chi connectivity index (χ2v) is 6.05. The highest BCUT2D eigenvalue weighted by Crippen LogP contribution is 2.47. The van der Waals surface area contributed by atoms with E-state index >= 15 is 0 Å². The van der Waals surface area contributed by atoms with Crippen LogP contribution in [0.4, 0.5) is 8.78 Å². The zero-order chi connectivity index (χ0) is 12.7. The van der Waals surface area contributed by atoms with Crippen molar-refractivity contribution in [3.8, 4) is 0 Å². The monoisotopic (exact) mass is 250 g/mol. The summed E-state index contributed by atoms with van der Waals surface area (Å²) in [6, 6.07) is 3.50. The number of hydrogen-bond acceptors (Lipinski definition) is 0. The van der Waals surface area contributed by atoms with Gasteiger partial charge in [-0.3, -0.25) is 0 Å². The molecule has 0 spiro atoms.